The number of ether oxygens (including phenoxy) is 1. The highest BCUT2D eigenvalue weighted by Crippen LogP contribution is 2.16. The van der Waals surface area contributed by atoms with Crippen molar-refractivity contribution in [1.29, 1.82) is 0 Å². The third-order valence-corrected chi connectivity index (χ3v) is 4.10. The number of benzene rings is 1. The molecule has 1 amide bonds. The first kappa shape index (κ1) is 17.2. The summed E-state index contributed by atoms with van der Waals surface area (Å²) in [5, 5.41) is 11.2. The van der Waals surface area contributed by atoms with Crippen molar-refractivity contribution in [1.82, 2.24) is 19.6 Å². The minimum absolute atomic E-state index is 0.0803. The lowest BCUT2D eigenvalue weighted by atomic mass is 10.3. The molecule has 0 unspecified atom stereocenters. The van der Waals surface area contributed by atoms with Crippen LogP contribution < -0.4 is 10.1 Å². The van der Waals surface area contributed by atoms with E-state index >= 15 is 0 Å². The molecule has 0 aliphatic heterocycles. The van der Waals surface area contributed by atoms with Crippen molar-refractivity contribution in [3.05, 3.63) is 59.1 Å². The van der Waals surface area contributed by atoms with E-state index in [2.05, 4.69) is 31.4 Å². The molecule has 0 saturated carbocycles. The molecule has 130 valence electrons. The minimum Gasteiger partial charge on any atom is -0.471 e. The van der Waals surface area contributed by atoms with Gasteiger partial charge < -0.3 is 10.1 Å². The quantitative estimate of drug-likeness (QED) is 0.656. The Morgan fingerprint density at radius 2 is 2.04 bits per heavy atom. The van der Waals surface area contributed by atoms with Crippen molar-refractivity contribution in [2.24, 2.45) is 0 Å². The standard InChI is InChI=1S/C17H18BrN5O2/c1-13-6-8-19-23(13)9-7-17(24)21-15-10-20-22(11-15)12-25-16-4-2-14(18)3-5-16/h2-6,8,10-11H,7,9,12H2,1H3,(H,21,24). The Kier molecular flexibility index (Phi) is 5.49. The van der Waals surface area contributed by atoms with Crippen LogP contribution in [0.4, 0.5) is 5.69 Å². The number of aromatic nitrogens is 4. The maximum absolute atomic E-state index is 12.0. The van der Waals surface area contributed by atoms with Gasteiger partial charge >= 0.3 is 0 Å². The molecule has 3 aromatic rings. The number of amides is 1. The van der Waals surface area contributed by atoms with Crippen molar-refractivity contribution in [2.75, 3.05) is 5.32 Å². The molecule has 2 heterocycles. The third kappa shape index (κ3) is 4.93. The SMILES string of the molecule is Cc1ccnn1CCC(=O)Nc1cnn(COc2ccc(Br)cc2)c1. The first-order chi connectivity index (χ1) is 12.1. The molecule has 3 rings (SSSR count). The number of carbonyl (C=O) groups is 1. The predicted octanol–water partition coefficient (Wildman–Crippen LogP) is 3.22. The number of hydrogen-bond donors (Lipinski definition) is 1. The van der Waals surface area contributed by atoms with Crippen molar-refractivity contribution in [3.63, 3.8) is 0 Å². The van der Waals surface area contributed by atoms with Gasteiger partial charge in [-0.2, -0.15) is 10.2 Å². The topological polar surface area (TPSA) is 74.0 Å². The number of aryl methyl sites for hydroxylation is 2. The van der Waals surface area contributed by atoms with Gasteiger partial charge in [-0.3, -0.25) is 9.48 Å². The Bertz CT molecular complexity index is 841. The number of rotatable bonds is 7. The lowest BCUT2D eigenvalue weighted by Gasteiger charge is -2.06. The summed E-state index contributed by atoms with van der Waals surface area (Å²) in [5.41, 5.74) is 1.67. The second-order valence-electron chi connectivity index (χ2n) is 5.49. The molecule has 0 saturated heterocycles. The normalized spacial score (nSPS) is 10.6. The highest BCUT2D eigenvalue weighted by atomic mass is 79.9. The van der Waals surface area contributed by atoms with E-state index in [9.17, 15) is 4.79 Å². The highest BCUT2D eigenvalue weighted by molar-refractivity contribution is 9.10. The van der Waals surface area contributed by atoms with Crippen molar-refractivity contribution in [3.8, 4) is 5.75 Å². The van der Waals surface area contributed by atoms with E-state index in [0.29, 0.717) is 18.7 Å². The molecule has 0 radical (unpaired) electrons. The van der Waals surface area contributed by atoms with E-state index < -0.39 is 0 Å². The lowest BCUT2D eigenvalue weighted by Crippen LogP contribution is -2.15. The number of hydrogen-bond acceptors (Lipinski definition) is 4. The molecule has 0 aliphatic rings. The predicted molar refractivity (Wildman–Crippen MR) is 97.2 cm³/mol. The summed E-state index contributed by atoms with van der Waals surface area (Å²) < 4.78 is 10.0. The van der Waals surface area contributed by atoms with Crippen molar-refractivity contribution in [2.45, 2.75) is 26.6 Å². The summed E-state index contributed by atoms with van der Waals surface area (Å²) in [6.07, 6.45) is 5.41. The van der Waals surface area contributed by atoms with Crippen molar-refractivity contribution >= 4 is 27.5 Å². The van der Waals surface area contributed by atoms with Crippen LogP contribution in [0.2, 0.25) is 0 Å². The Hall–Kier alpha value is -2.61. The summed E-state index contributed by atoms with van der Waals surface area (Å²) in [5.74, 6) is 0.669. The van der Waals surface area contributed by atoms with Gasteiger partial charge in [0, 0.05) is 29.3 Å². The number of carbonyl (C=O) groups excluding carboxylic acids is 1. The van der Waals surface area contributed by atoms with E-state index in [1.165, 1.54) is 0 Å². The first-order valence-corrected chi connectivity index (χ1v) is 8.58. The van der Waals surface area contributed by atoms with Gasteiger partial charge in [0.15, 0.2) is 6.73 Å². The van der Waals surface area contributed by atoms with Crippen LogP contribution >= 0.6 is 15.9 Å². The Balaban J connectivity index is 1.46. The van der Waals surface area contributed by atoms with Gasteiger partial charge in [-0.05, 0) is 37.3 Å². The van der Waals surface area contributed by atoms with Gasteiger partial charge in [0.2, 0.25) is 5.91 Å². The molecule has 0 bridgehead atoms. The van der Waals surface area contributed by atoms with Crippen LogP contribution in [0.5, 0.6) is 5.75 Å². The number of anilines is 1. The van der Waals surface area contributed by atoms with Gasteiger partial charge in [-0.1, -0.05) is 15.9 Å². The zero-order valence-electron chi connectivity index (χ0n) is 13.7. The van der Waals surface area contributed by atoms with Crippen LogP contribution in [0.25, 0.3) is 0 Å². The maximum atomic E-state index is 12.0. The fraction of sp³-hybridized carbons (Fsp3) is 0.235. The van der Waals surface area contributed by atoms with Gasteiger partial charge in [-0.25, -0.2) is 4.68 Å². The molecule has 8 heteroatoms. The molecule has 0 spiro atoms. The smallest absolute Gasteiger partial charge is 0.226 e. The van der Waals surface area contributed by atoms with Crippen LogP contribution in [0.1, 0.15) is 12.1 Å². The number of nitrogens with zero attached hydrogens (tertiary/aromatic N) is 4. The average Bonchev–Trinajstić information content (AvgIpc) is 3.21. The molecule has 7 nitrogen and oxygen atoms in total. The molecule has 0 fully saturated rings. The molecule has 1 N–H and O–H groups in total. The van der Waals surface area contributed by atoms with Gasteiger partial charge in [0.05, 0.1) is 18.1 Å². The minimum atomic E-state index is -0.0803. The Morgan fingerprint density at radius 1 is 1.24 bits per heavy atom. The summed E-state index contributed by atoms with van der Waals surface area (Å²) in [6.45, 7) is 2.77. The van der Waals surface area contributed by atoms with E-state index in [1.54, 1.807) is 28.0 Å². The first-order valence-electron chi connectivity index (χ1n) is 7.79. The maximum Gasteiger partial charge on any atom is 0.226 e. The van der Waals surface area contributed by atoms with Gasteiger partial charge in [0.1, 0.15) is 5.75 Å². The summed E-state index contributed by atoms with van der Waals surface area (Å²) in [7, 11) is 0. The molecule has 1 aromatic carbocycles. The molecule has 0 atom stereocenters. The second kappa shape index (κ2) is 7.98. The molecular weight excluding hydrogens is 386 g/mol. The van der Waals surface area contributed by atoms with E-state index in [1.807, 2.05) is 37.3 Å². The monoisotopic (exact) mass is 403 g/mol. The van der Waals surface area contributed by atoms with Crippen LogP contribution in [0, 0.1) is 6.92 Å². The average molecular weight is 404 g/mol. The zero-order chi connectivity index (χ0) is 17.6. The van der Waals surface area contributed by atoms with Gasteiger partial charge in [0.25, 0.3) is 0 Å². The largest absolute Gasteiger partial charge is 0.471 e. The fourth-order valence-corrected chi connectivity index (χ4v) is 2.50. The second-order valence-corrected chi connectivity index (χ2v) is 6.41. The van der Waals surface area contributed by atoms with E-state index in [-0.39, 0.29) is 12.6 Å². The zero-order valence-corrected chi connectivity index (χ0v) is 15.3. The van der Waals surface area contributed by atoms with Crippen LogP contribution in [-0.2, 0) is 18.1 Å². The van der Waals surface area contributed by atoms with Crippen LogP contribution in [-0.4, -0.2) is 25.5 Å². The van der Waals surface area contributed by atoms with Crippen LogP contribution in [0.15, 0.2) is 53.4 Å². The summed E-state index contributed by atoms with van der Waals surface area (Å²) >= 11 is 3.38. The summed E-state index contributed by atoms with van der Waals surface area (Å²) in [6, 6.07) is 9.46. The molecule has 0 aliphatic carbocycles. The highest BCUT2D eigenvalue weighted by Gasteiger charge is 2.06. The Morgan fingerprint density at radius 3 is 2.76 bits per heavy atom. The molecule has 25 heavy (non-hydrogen) atoms. The summed E-state index contributed by atoms with van der Waals surface area (Å²) in [4.78, 5) is 12.0. The van der Waals surface area contributed by atoms with E-state index in [4.69, 9.17) is 4.74 Å². The number of halogens is 1. The fourth-order valence-electron chi connectivity index (χ4n) is 2.23. The molecular formula is C17H18BrN5O2. The van der Waals surface area contributed by atoms with Gasteiger partial charge in [-0.15, -0.1) is 0 Å². The third-order valence-electron chi connectivity index (χ3n) is 3.57. The van der Waals surface area contributed by atoms with Crippen LogP contribution in [0.3, 0.4) is 0 Å². The van der Waals surface area contributed by atoms with Crippen molar-refractivity contribution < 1.29 is 9.53 Å². The lowest BCUT2D eigenvalue weighted by molar-refractivity contribution is -0.116. The van der Waals surface area contributed by atoms with E-state index in [0.717, 1.165) is 15.9 Å². The molecule has 2 aromatic heterocycles. The number of nitrogens with one attached hydrogen (secondary N) is 1. The Labute approximate surface area is 153 Å².